The summed E-state index contributed by atoms with van der Waals surface area (Å²) in [7, 11) is 1.54. The molecule has 1 aromatic heterocycles. The van der Waals surface area contributed by atoms with E-state index in [4.69, 9.17) is 25.8 Å². The predicted octanol–water partition coefficient (Wildman–Crippen LogP) is 2.80. The molecule has 0 atom stereocenters. The number of rotatable bonds is 7. The van der Waals surface area contributed by atoms with E-state index < -0.39 is 11.7 Å². The maximum Gasteiger partial charge on any atom is 0.416 e. The third-order valence-electron chi connectivity index (χ3n) is 2.01. The molecule has 0 unspecified atom stereocenters. The van der Waals surface area contributed by atoms with Crippen LogP contribution in [0.1, 0.15) is 5.56 Å². The number of hydrogen-bond donors (Lipinski definition) is 0. The highest BCUT2D eigenvalue weighted by Crippen LogP contribution is 2.32. The van der Waals surface area contributed by atoms with Gasteiger partial charge >= 0.3 is 6.18 Å². The zero-order valence-corrected chi connectivity index (χ0v) is 10.9. The van der Waals surface area contributed by atoms with Crippen LogP contribution < -0.4 is 4.74 Å². The molecule has 0 aromatic carbocycles. The Kier molecular flexibility index (Phi) is 6.33. The summed E-state index contributed by atoms with van der Waals surface area (Å²) < 4.78 is 52.4. The Labute approximate surface area is 113 Å². The highest BCUT2D eigenvalue weighted by molar-refractivity contribution is 6.29. The number of ether oxygens (including phenoxy) is 3. The van der Waals surface area contributed by atoms with Gasteiger partial charge in [0.25, 0.3) is 0 Å². The summed E-state index contributed by atoms with van der Waals surface area (Å²) in [5, 5.41) is -0.273. The van der Waals surface area contributed by atoms with Crippen molar-refractivity contribution in [3.05, 3.63) is 22.8 Å². The third kappa shape index (κ3) is 6.09. The molecule has 108 valence electrons. The molecule has 4 nitrogen and oxygen atoms in total. The minimum atomic E-state index is -4.49. The van der Waals surface area contributed by atoms with Crippen LogP contribution in [-0.2, 0) is 15.7 Å². The summed E-state index contributed by atoms with van der Waals surface area (Å²) in [6, 6.07) is 1.53. The molecule has 0 radical (unpaired) electrons. The fraction of sp³-hybridized carbons (Fsp3) is 0.545. The van der Waals surface area contributed by atoms with Crippen molar-refractivity contribution in [2.45, 2.75) is 6.18 Å². The van der Waals surface area contributed by atoms with Crippen molar-refractivity contribution >= 4 is 11.6 Å². The molecule has 0 saturated heterocycles. The van der Waals surface area contributed by atoms with Gasteiger partial charge in [0.05, 0.1) is 25.4 Å². The molecule has 0 spiro atoms. The standard InChI is InChI=1S/C11H13ClF3NO3/c1-17-2-3-18-4-5-19-10-7-8(11(13,14)15)6-9(12)16-10/h6-7H,2-5H2,1H3. The van der Waals surface area contributed by atoms with E-state index in [0.717, 1.165) is 12.1 Å². The zero-order valence-electron chi connectivity index (χ0n) is 10.2. The van der Waals surface area contributed by atoms with Gasteiger partial charge in [-0.25, -0.2) is 4.98 Å². The molecule has 0 saturated carbocycles. The largest absolute Gasteiger partial charge is 0.475 e. The second-order valence-electron chi connectivity index (χ2n) is 3.47. The molecule has 0 fully saturated rings. The fourth-order valence-corrected chi connectivity index (χ4v) is 1.36. The van der Waals surface area contributed by atoms with Gasteiger partial charge in [-0.15, -0.1) is 0 Å². The van der Waals surface area contributed by atoms with Crippen molar-refractivity contribution < 1.29 is 27.4 Å². The average molecular weight is 300 g/mol. The van der Waals surface area contributed by atoms with Gasteiger partial charge in [0.1, 0.15) is 11.8 Å². The minimum Gasteiger partial charge on any atom is -0.475 e. The fourth-order valence-electron chi connectivity index (χ4n) is 1.16. The number of hydrogen-bond acceptors (Lipinski definition) is 4. The highest BCUT2D eigenvalue weighted by Gasteiger charge is 2.31. The quantitative estimate of drug-likeness (QED) is 0.573. The zero-order chi connectivity index (χ0) is 14.3. The monoisotopic (exact) mass is 299 g/mol. The van der Waals surface area contributed by atoms with E-state index in [9.17, 15) is 13.2 Å². The first-order valence-corrected chi connectivity index (χ1v) is 5.75. The summed E-state index contributed by atoms with van der Waals surface area (Å²) >= 11 is 5.50. The Morgan fingerprint density at radius 2 is 1.84 bits per heavy atom. The molecule has 8 heteroatoms. The predicted molar refractivity (Wildman–Crippen MR) is 62.4 cm³/mol. The first kappa shape index (κ1) is 16.0. The van der Waals surface area contributed by atoms with Gasteiger partial charge in [0.15, 0.2) is 0 Å². The normalized spacial score (nSPS) is 11.6. The Morgan fingerprint density at radius 1 is 1.16 bits per heavy atom. The van der Waals surface area contributed by atoms with Crippen molar-refractivity contribution in [3.8, 4) is 5.88 Å². The highest BCUT2D eigenvalue weighted by atomic mass is 35.5. The van der Waals surface area contributed by atoms with Crippen LogP contribution in [0, 0.1) is 0 Å². The molecule has 0 bridgehead atoms. The smallest absolute Gasteiger partial charge is 0.416 e. The van der Waals surface area contributed by atoms with Crippen LogP contribution >= 0.6 is 11.6 Å². The van der Waals surface area contributed by atoms with E-state index >= 15 is 0 Å². The van der Waals surface area contributed by atoms with Crippen LogP contribution in [-0.4, -0.2) is 38.5 Å². The number of aromatic nitrogens is 1. The van der Waals surface area contributed by atoms with E-state index in [-0.39, 0.29) is 24.2 Å². The van der Waals surface area contributed by atoms with Gasteiger partial charge in [0, 0.05) is 13.2 Å². The maximum atomic E-state index is 12.5. The first-order chi connectivity index (χ1) is 8.93. The van der Waals surface area contributed by atoms with E-state index in [1.165, 1.54) is 7.11 Å². The van der Waals surface area contributed by atoms with Gasteiger partial charge in [-0.1, -0.05) is 11.6 Å². The molecule has 0 aliphatic rings. The molecular weight excluding hydrogens is 287 g/mol. The van der Waals surface area contributed by atoms with Crippen LogP contribution in [0.5, 0.6) is 5.88 Å². The number of pyridine rings is 1. The second-order valence-corrected chi connectivity index (χ2v) is 3.86. The molecule has 1 heterocycles. The topological polar surface area (TPSA) is 40.6 Å². The van der Waals surface area contributed by atoms with Gasteiger partial charge in [-0.3, -0.25) is 0 Å². The minimum absolute atomic E-state index is 0.0777. The molecular formula is C11H13ClF3NO3. The first-order valence-electron chi connectivity index (χ1n) is 5.37. The number of alkyl halides is 3. The van der Waals surface area contributed by atoms with E-state index in [0.29, 0.717) is 13.2 Å². The Bertz CT molecular complexity index is 401. The van der Waals surface area contributed by atoms with Crippen LogP contribution in [0.2, 0.25) is 5.15 Å². The van der Waals surface area contributed by atoms with E-state index in [1.807, 2.05) is 0 Å². The van der Waals surface area contributed by atoms with Gasteiger partial charge in [-0.05, 0) is 6.07 Å². The Balaban J connectivity index is 2.48. The lowest BCUT2D eigenvalue weighted by atomic mass is 10.2. The molecule has 0 aliphatic carbocycles. The van der Waals surface area contributed by atoms with Crippen molar-refractivity contribution in [2.75, 3.05) is 33.5 Å². The number of nitrogens with zero attached hydrogens (tertiary/aromatic N) is 1. The summed E-state index contributed by atoms with van der Waals surface area (Å²) in [5.74, 6) is -0.185. The molecule has 1 rings (SSSR count). The lowest BCUT2D eigenvalue weighted by molar-refractivity contribution is -0.137. The van der Waals surface area contributed by atoms with Crippen LogP contribution in [0.4, 0.5) is 13.2 Å². The van der Waals surface area contributed by atoms with Crippen LogP contribution in [0.15, 0.2) is 12.1 Å². The lowest BCUT2D eigenvalue weighted by Gasteiger charge is -2.10. The Morgan fingerprint density at radius 3 is 2.47 bits per heavy atom. The van der Waals surface area contributed by atoms with E-state index in [2.05, 4.69) is 4.98 Å². The van der Waals surface area contributed by atoms with Gasteiger partial charge in [0.2, 0.25) is 5.88 Å². The van der Waals surface area contributed by atoms with Crippen molar-refractivity contribution in [1.82, 2.24) is 4.98 Å². The third-order valence-corrected chi connectivity index (χ3v) is 2.20. The summed E-state index contributed by atoms with van der Waals surface area (Å²) in [4.78, 5) is 3.64. The van der Waals surface area contributed by atoms with Crippen molar-refractivity contribution in [3.63, 3.8) is 0 Å². The molecule has 0 amide bonds. The van der Waals surface area contributed by atoms with Crippen molar-refractivity contribution in [2.24, 2.45) is 0 Å². The van der Waals surface area contributed by atoms with Crippen molar-refractivity contribution in [1.29, 1.82) is 0 Å². The van der Waals surface area contributed by atoms with Gasteiger partial charge < -0.3 is 14.2 Å². The number of methoxy groups -OCH3 is 1. The molecule has 1 aromatic rings. The molecule has 0 aliphatic heterocycles. The number of halogens is 4. The molecule has 19 heavy (non-hydrogen) atoms. The lowest BCUT2D eigenvalue weighted by Crippen LogP contribution is -2.11. The molecule has 0 N–H and O–H groups in total. The van der Waals surface area contributed by atoms with Gasteiger partial charge in [-0.2, -0.15) is 13.2 Å². The summed E-state index contributed by atoms with van der Waals surface area (Å²) in [5.41, 5.74) is -0.900. The van der Waals surface area contributed by atoms with Crippen LogP contribution in [0.3, 0.4) is 0 Å². The Hall–Kier alpha value is -1.05. The summed E-state index contributed by atoms with van der Waals surface area (Å²) in [6.45, 7) is 1.12. The van der Waals surface area contributed by atoms with Crippen LogP contribution in [0.25, 0.3) is 0 Å². The summed E-state index contributed by atoms with van der Waals surface area (Å²) in [6.07, 6.45) is -4.49. The average Bonchev–Trinajstić information content (AvgIpc) is 2.32. The van der Waals surface area contributed by atoms with E-state index in [1.54, 1.807) is 0 Å². The second kappa shape index (κ2) is 7.52. The SMILES string of the molecule is COCCOCCOc1cc(C(F)(F)F)cc(Cl)n1. The maximum absolute atomic E-state index is 12.5.